The number of anilines is 2. The molecule has 0 spiro atoms. The van der Waals surface area contributed by atoms with Gasteiger partial charge in [-0.05, 0) is 30.9 Å². The molecule has 0 aliphatic heterocycles. The van der Waals surface area contributed by atoms with Gasteiger partial charge < -0.3 is 20.1 Å². The number of aryl methyl sites for hydroxylation is 2. The van der Waals surface area contributed by atoms with Gasteiger partial charge in [0.2, 0.25) is 5.91 Å². The van der Waals surface area contributed by atoms with Gasteiger partial charge in [-0.15, -0.1) is 0 Å². The van der Waals surface area contributed by atoms with Crippen LogP contribution in [0, 0.1) is 19.8 Å². The minimum absolute atomic E-state index is 0.0677. The van der Waals surface area contributed by atoms with Crippen LogP contribution in [0.5, 0.6) is 0 Å². The van der Waals surface area contributed by atoms with E-state index in [1.807, 2.05) is 45.9 Å². The van der Waals surface area contributed by atoms with Gasteiger partial charge in [-0.3, -0.25) is 4.79 Å². The minimum Gasteiger partial charge on any atom is -0.363 e. The fraction of sp³-hybridized carbons (Fsp3) is 0.389. The molecule has 0 unspecified atom stereocenters. The van der Waals surface area contributed by atoms with E-state index < -0.39 is 0 Å². The molecule has 0 aliphatic carbocycles. The van der Waals surface area contributed by atoms with Crippen molar-refractivity contribution in [2.24, 2.45) is 5.92 Å². The molecule has 2 rings (SSSR count). The van der Waals surface area contributed by atoms with E-state index in [0.29, 0.717) is 12.4 Å². The van der Waals surface area contributed by atoms with Gasteiger partial charge in [0.15, 0.2) is 5.82 Å². The summed E-state index contributed by atoms with van der Waals surface area (Å²) in [5.74, 6) is 0.222. The summed E-state index contributed by atoms with van der Waals surface area (Å²) in [6.45, 7) is 8.26. The lowest BCUT2D eigenvalue weighted by atomic mass is 10.1. The molecule has 0 bridgehead atoms. The smallest absolute Gasteiger partial charge is 0.322 e. The molecular weight excluding hydrogens is 320 g/mol. The zero-order valence-electron chi connectivity index (χ0n) is 15.0. The van der Waals surface area contributed by atoms with E-state index >= 15 is 0 Å². The van der Waals surface area contributed by atoms with Crippen LogP contribution in [0.25, 0.3) is 0 Å². The van der Waals surface area contributed by atoms with Gasteiger partial charge >= 0.3 is 6.03 Å². The molecule has 0 aliphatic rings. The van der Waals surface area contributed by atoms with E-state index in [4.69, 9.17) is 0 Å². The summed E-state index contributed by atoms with van der Waals surface area (Å²) in [6.07, 6.45) is 1.37. The topological polar surface area (TPSA) is 87.5 Å². The molecular formula is C18H24N4O3. The van der Waals surface area contributed by atoms with E-state index in [1.165, 1.54) is 11.2 Å². The number of urea groups is 1. The number of rotatable bonds is 6. The number of amides is 3. The Morgan fingerprint density at radius 1 is 1.16 bits per heavy atom. The largest absolute Gasteiger partial charge is 0.363 e. The molecule has 3 amide bonds. The van der Waals surface area contributed by atoms with Crippen LogP contribution in [0.4, 0.5) is 16.3 Å². The first-order chi connectivity index (χ1) is 11.9. The lowest BCUT2D eigenvalue weighted by molar-refractivity contribution is -0.116. The molecule has 2 aromatic rings. The Hall–Kier alpha value is -2.83. The van der Waals surface area contributed by atoms with Crippen LogP contribution in [-0.2, 0) is 4.79 Å². The van der Waals surface area contributed by atoms with Crippen molar-refractivity contribution in [1.29, 1.82) is 0 Å². The predicted octanol–water partition coefficient (Wildman–Crippen LogP) is 3.42. The Bertz CT molecular complexity index is 706. The number of nitrogens with one attached hydrogen (secondary N) is 2. The summed E-state index contributed by atoms with van der Waals surface area (Å²) in [5, 5.41) is 9.16. The summed E-state index contributed by atoms with van der Waals surface area (Å²) in [4.78, 5) is 26.4. The minimum atomic E-state index is -0.328. The number of aromatic nitrogens is 1. The van der Waals surface area contributed by atoms with E-state index in [1.54, 1.807) is 6.07 Å². The third-order valence-corrected chi connectivity index (χ3v) is 3.63. The number of hydrogen-bond donors (Lipinski definition) is 2. The van der Waals surface area contributed by atoms with Crippen LogP contribution in [0.3, 0.4) is 0 Å². The van der Waals surface area contributed by atoms with Crippen molar-refractivity contribution in [2.75, 3.05) is 23.7 Å². The first kappa shape index (κ1) is 18.5. The lowest BCUT2D eigenvalue weighted by Gasteiger charge is -2.25. The molecule has 134 valence electrons. The number of hydrogen-bond acceptors (Lipinski definition) is 4. The lowest BCUT2D eigenvalue weighted by Crippen LogP contribution is -2.42. The molecule has 0 saturated heterocycles. The van der Waals surface area contributed by atoms with Crippen LogP contribution in [0.15, 0.2) is 35.1 Å². The number of carbonyl (C=O) groups is 2. The zero-order chi connectivity index (χ0) is 18.4. The highest BCUT2D eigenvalue weighted by Gasteiger charge is 2.20. The molecule has 25 heavy (non-hydrogen) atoms. The van der Waals surface area contributed by atoms with Gasteiger partial charge in [0, 0.05) is 18.3 Å². The molecule has 0 atom stereocenters. The van der Waals surface area contributed by atoms with Gasteiger partial charge in [0.25, 0.3) is 0 Å². The second-order valence-electron chi connectivity index (χ2n) is 6.40. The molecule has 0 radical (unpaired) electrons. The van der Waals surface area contributed by atoms with E-state index in [9.17, 15) is 9.59 Å². The molecule has 0 saturated carbocycles. The van der Waals surface area contributed by atoms with E-state index in [-0.39, 0.29) is 24.4 Å². The number of carbonyl (C=O) groups excluding carboxylic acids is 2. The monoisotopic (exact) mass is 344 g/mol. The highest BCUT2D eigenvalue weighted by molar-refractivity contribution is 5.97. The normalized spacial score (nSPS) is 10.6. The first-order valence-electron chi connectivity index (χ1n) is 8.19. The fourth-order valence-corrected chi connectivity index (χ4v) is 2.49. The SMILES string of the molecule is Cc1cccc(C)c1NC(=O)N(CC(=O)Nc1ccon1)CC(C)C. The van der Waals surface area contributed by atoms with Crippen LogP contribution in [0.1, 0.15) is 25.0 Å². The summed E-state index contributed by atoms with van der Waals surface area (Å²) >= 11 is 0. The molecule has 1 aromatic carbocycles. The maximum atomic E-state index is 12.7. The maximum Gasteiger partial charge on any atom is 0.322 e. The van der Waals surface area contributed by atoms with Crippen molar-refractivity contribution in [2.45, 2.75) is 27.7 Å². The van der Waals surface area contributed by atoms with Gasteiger partial charge in [0.05, 0.1) is 0 Å². The Morgan fingerprint density at radius 3 is 2.40 bits per heavy atom. The summed E-state index contributed by atoms with van der Waals surface area (Å²) in [6, 6.07) is 7.06. The van der Waals surface area contributed by atoms with Crippen LogP contribution in [-0.4, -0.2) is 35.1 Å². The summed E-state index contributed by atoms with van der Waals surface area (Å²) in [5.41, 5.74) is 2.73. The van der Waals surface area contributed by atoms with E-state index in [2.05, 4.69) is 20.3 Å². The average Bonchev–Trinajstić information content (AvgIpc) is 3.02. The van der Waals surface area contributed by atoms with E-state index in [0.717, 1.165) is 16.8 Å². The zero-order valence-corrected chi connectivity index (χ0v) is 15.0. The van der Waals surface area contributed by atoms with Gasteiger partial charge in [0.1, 0.15) is 12.8 Å². The number of para-hydroxylation sites is 1. The quantitative estimate of drug-likeness (QED) is 0.840. The van der Waals surface area contributed by atoms with Crippen LogP contribution < -0.4 is 10.6 Å². The van der Waals surface area contributed by atoms with Gasteiger partial charge in [-0.25, -0.2) is 4.79 Å². The van der Waals surface area contributed by atoms with Crippen molar-refractivity contribution in [3.05, 3.63) is 41.7 Å². The van der Waals surface area contributed by atoms with Crippen LogP contribution in [0.2, 0.25) is 0 Å². The van der Waals surface area contributed by atoms with Crippen molar-refractivity contribution in [3.8, 4) is 0 Å². The van der Waals surface area contributed by atoms with Crippen molar-refractivity contribution in [1.82, 2.24) is 10.1 Å². The highest BCUT2D eigenvalue weighted by Crippen LogP contribution is 2.20. The molecule has 7 nitrogen and oxygen atoms in total. The Balaban J connectivity index is 2.07. The van der Waals surface area contributed by atoms with Crippen LogP contribution >= 0.6 is 0 Å². The molecule has 1 heterocycles. The number of benzene rings is 1. The van der Waals surface area contributed by atoms with Crippen molar-refractivity contribution >= 4 is 23.4 Å². The van der Waals surface area contributed by atoms with Gasteiger partial charge in [-0.1, -0.05) is 37.2 Å². The second kappa shape index (κ2) is 8.32. The third kappa shape index (κ3) is 5.34. The molecule has 0 fully saturated rings. The predicted molar refractivity (Wildman–Crippen MR) is 96.5 cm³/mol. The average molecular weight is 344 g/mol. The number of nitrogens with zero attached hydrogens (tertiary/aromatic N) is 2. The Morgan fingerprint density at radius 2 is 1.84 bits per heavy atom. The van der Waals surface area contributed by atoms with Gasteiger partial charge in [-0.2, -0.15) is 0 Å². The second-order valence-corrected chi connectivity index (χ2v) is 6.40. The van der Waals surface area contributed by atoms with Crippen molar-refractivity contribution < 1.29 is 14.1 Å². The standard InChI is InChI=1S/C18H24N4O3/c1-12(2)10-22(11-16(23)19-15-8-9-25-21-15)18(24)20-17-13(3)6-5-7-14(17)4/h5-9,12H,10-11H2,1-4H3,(H,20,24)(H,19,21,23). The first-order valence-corrected chi connectivity index (χ1v) is 8.19. The Kier molecular flexibility index (Phi) is 6.16. The Labute approximate surface area is 147 Å². The summed E-state index contributed by atoms with van der Waals surface area (Å²) in [7, 11) is 0. The fourth-order valence-electron chi connectivity index (χ4n) is 2.49. The molecule has 2 N–H and O–H groups in total. The third-order valence-electron chi connectivity index (χ3n) is 3.63. The molecule has 7 heteroatoms. The highest BCUT2D eigenvalue weighted by atomic mass is 16.5. The molecule has 1 aromatic heterocycles. The van der Waals surface area contributed by atoms with Crippen molar-refractivity contribution in [3.63, 3.8) is 0 Å². The maximum absolute atomic E-state index is 12.7. The summed E-state index contributed by atoms with van der Waals surface area (Å²) < 4.78 is 4.68.